The lowest BCUT2D eigenvalue weighted by Gasteiger charge is -2.21. The molecule has 0 saturated heterocycles. The fourth-order valence-corrected chi connectivity index (χ4v) is 0.223. The zero-order valence-electron chi connectivity index (χ0n) is 9.54. The van der Waals surface area contributed by atoms with Gasteiger partial charge in [-0.05, 0) is 6.92 Å². The first-order valence-corrected chi connectivity index (χ1v) is 4.24. The van der Waals surface area contributed by atoms with Crippen molar-refractivity contribution in [3.05, 3.63) is 0 Å². The van der Waals surface area contributed by atoms with Crippen molar-refractivity contribution >= 4 is 11.9 Å². The van der Waals surface area contributed by atoms with Gasteiger partial charge in [0.1, 0.15) is 0 Å². The average molecular weight is 240 g/mol. The first-order chi connectivity index (χ1) is 6.95. The first-order valence-electron chi connectivity index (χ1n) is 4.24. The van der Waals surface area contributed by atoms with E-state index in [0.29, 0.717) is 0 Å². The van der Waals surface area contributed by atoms with Gasteiger partial charge in [0.2, 0.25) is 0 Å². The number of nitrogens with two attached hydrogens (primary N) is 2. The average Bonchev–Trinajstić information content (AvgIpc) is 1.98. The minimum Gasteiger partial charge on any atom is -0.481 e. The van der Waals surface area contributed by atoms with Crippen molar-refractivity contribution in [2.45, 2.75) is 32.6 Å². The minimum absolute atomic E-state index is 0.0729. The molecule has 0 amide bonds. The molecule has 98 valence electrons. The molecule has 0 aromatic heterocycles. The molecule has 0 saturated carbocycles. The molecule has 0 aliphatic rings. The monoisotopic (exact) mass is 240 g/mol. The summed E-state index contributed by atoms with van der Waals surface area (Å²) in [6.45, 7) is 3.44. The Morgan fingerprint density at radius 2 is 1.38 bits per heavy atom. The van der Waals surface area contributed by atoms with E-state index in [-0.39, 0.29) is 6.54 Å². The molecule has 0 aliphatic carbocycles. The van der Waals surface area contributed by atoms with E-state index in [1.54, 1.807) is 0 Å². The Morgan fingerprint density at radius 3 is 1.38 bits per heavy atom. The van der Waals surface area contributed by atoms with E-state index < -0.39 is 23.8 Å². The van der Waals surface area contributed by atoms with Crippen LogP contribution in [0.15, 0.2) is 0 Å². The van der Waals surface area contributed by atoms with E-state index in [9.17, 15) is 0 Å². The number of aliphatic hydroxyl groups is 2. The van der Waals surface area contributed by atoms with E-state index in [1.807, 2.05) is 0 Å². The number of carboxylic acids is 2. The summed E-state index contributed by atoms with van der Waals surface area (Å²) in [5.74, 6) is -3.51. The van der Waals surface area contributed by atoms with E-state index >= 15 is 0 Å². The summed E-state index contributed by atoms with van der Waals surface area (Å²) in [6, 6.07) is -0.762. The van der Waals surface area contributed by atoms with E-state index in [4.69, 9.17) is 41.5 Å². The van der Waals surface area contributed by atoms with Crippen molar-refractivity contribution in [3.8, 4) is 0 Å². The van der Waals surface area contributed by atoms with Gasteiger partial charge in [0.05, 0.1) is 6.04 Å². The lowest BCUT2D eigenvalue weighted by Crippen LogP contribution is -2.49. The van der Waals surface area contributed by atoms with Crippen molar-refractivity contribution in [3.63, 3.8) is 0 Å². The Morgan fingerprint density at radius 1 is 1.19 bits per heavy atom. The molecule has 8 heteroatoms. The van der Waals surface area contributed by atoms with Gasteiger partial charge in [-0.1, -0.05) is 0 Å². The van der Waals surface area contributed by atoms with Crippen LogP contribution in [0.3, 0.4) is 0 Å². The first kappa shape index (κ1) is 20.2. The summed E-state index contributed by atoms with van der Waals surface area (Å²) in [5.41, 5.74) is 10.1. The van der Waals surface area contributed by atoms with Gasteiger partial charge < -0.3 is 31.9 Å². The number of hydrogen-bond acceptors (Lipinski definition) is 6. The second-order valence-electron chi connectivity index (χ2n) is 2.97. The van der Waals surface area contributed by atoms with Gasteiger partial charge in [-0.15, -0.1) is 0 Å². The highest BCUT2D eigenvalue weighted by atomic mass is 16.5. The molecule has 0 heterocycles. The predicted octanol–water partition coefficient (Wildman–Crippen LogP) is -1.84. The van der Waals surface area contributed by atoms with Crippen LogP contribution in [0, 0.1) is 0 Å². The fraction of sp³-hybridized carbons (Fsp3) is 0.750. The maximum atomic E-state index is 9.00. The third-order valence-corrected chi connectivity index (χ3v) is 0.956. The lowest BCUT2D eigenvalue weighted by molar-refractivity contribution is -0.158. The maximum absolute atomic E-state index is 9.00. The molecule has 0 fully saturated rings. The standard InChI is InChI=1S/C4H12N2O2.2C2H4O2/c1-4(7,8)3(6)2-5;2*1-2(3)4/h3,7-8H,2,5-6H2,1H3;2*1H3,(H,3,4). The summed E-state index contributed by atoms with van der Waals surface area (Å²) < 4.78 is 0. The fourth-order valence-electron chi connectivity index (χ4n) is 0.223. The van der Waals surface area contributed by atoms with Crippen LogP contribution >= 0.6 is 0 Å². The predicted molar refractivity (Wildman–Crippen MR) is 56.5 cm³/mol. The van der Waals surface area contributed by atoms with Crippen LogP contribution in [-0.4, -0.2) is 50.7 Å². The molecule has 0 aromatic rings. The Kier molecular flexibility index (Phi) is 13.0. The Labute approximate surface area is 93.5 Å². The Bertz CT molecular complexity index is 181. The number of carboxylic acid groups (broad SMARTS) is 2. The maximum Gasteiger partial charge on any atom is 0.300 e. The number of rotatable bonds is 2. The lowest BCUT2D eigenvalue weighted by atomic mass is 10.1. The Hall–Kier alpha value is -1.22. The van der Waals surface area contributed by atoms with Gasteiger partial charge in [0.15, 0.2) is 5.79 Å². The van der Waals surface area contributed by atoms with Crippen LogP contribution in [0.2, 0.25) is 0 Å². The van der Waals surface area contributed by atoms with Crippen LogP contribution < -0.4 is 11.5 Å². The van der Waals surface area contributed by atoms with Crippen LogP contribution in [0.25, 0.3) is 0 Å². The second-order valence-corrected chi connectivity index (χ2v) is 2.97. The molecule has 0 rings (SSSR count). The normalized spacial score (nSPS) is 11.2. The topological polar surface area (TPSA) is 167 Å². The highest BCUT2D eigenvalue weighted by Gasteiger charge is 2.23. The molecule has 0 aliphatic heterocycles. The van der Waals surface area contributed by atoms with Crippen molar-refractivity contribution in [1.82, 2.24) is 0 Å². The summed E-state index contributed by atoms with van der Waals surface area (Å²) in [5, 5.41) is 32.1. The van der Waals surface area contributed by atoms with Gasteiger partial charge in [0.25, 0.3) is 11.9 Å². The molecule has 0 aromatic carbocycles. The molecule has 0 bridgehead atoms. The van der Waals surface area contributed by atoms with E-state index in [1.165, 1.54) is 6.92 Å². The highest BCUT2D eigenvalue weighted by molar-refractivity contribution is 5.63. The molecular formula is C8H20N2O6. The quantitative estimate of drug-likeness (QED) is 0.306. The summed E-state index contributed by atoms with van der Waals surface area (Å²) in [4.78, 5) is 18.0. The second kappa shape index (κ2) is 10.3. The SMILES string of the molecule is CC(=O)O.CC(=O)O.CC(O)(O)C(N)CN. The van der Waals surface area contributed by atoms with Gasteiger partial charge in [-0.3, -0.25) is 9.59 Å². The molecule has 1 atom stereocenters. The smallest absolute Gasteiger partial charge is 0.300 e. The third kappa shape index (κ3) is 38.6. The van der Waals surface area contributed by atoms with Gasteiger partial charge in [-0.25, -0.2) is 0 Å². The van der Waals surface area contributed by atoms with Gasteiger partial charge in [-0.2, -0.15) is 0 Å². The van der Waals surface area contributed by atoms with Gasteiger partial charge in [0, 0.05) is 20.4 Å². The molecule has 0 radical (unpaired) electrons. The van der Waals surface area contributed by atoms with E-state index in [0.717, 1.165) is 13.8 Å². The molecule has 16 heavy (non-hydrogen) atoms. The minimum atomic E-state index is -1.84. The molecule has 1 unspecified atom stereocenters. The van der Waals surface area contributed by atoms with Crippen LogP contribution in [-0.2, 0) is 9.59 Å². The zero-order chi connectivity index (χ0) is 13.9. The van der Waals surface area contributed by atoms with Crippen molar-refractivity contribution in [1.29, 1.82) is 0 Å². The van der Waals surface area contributed by atoms with Crippen molar-refractivity contribution in [2.75, 3.05) is 6.54 Å². The highest BCUT2D eigenvalue weighted by Crippen LogP contribution is 1.98. The summed E-state index contributed by atoms with van der Waals surface area (Å²) in [7, 11) is 0. The molecule has 8 nitrogen and oxygen atoms in total. The molecule has 8 N–H and O–H groups in total. The van der Waals surface area contributed by atoms with Crippen molar-refractivity contribution in [2.24, 2.45) is 11.5 Å². The third-order valence-electron chi connectivity index (χ3n) is 0.956. The number of hydrogen-bond donors (Lipinski definition) is 6. The summed E-state index contributed by atoms with van der Waals surface area (Å²) in [6.07, 6.45) is 0. The van der Waals surface area contributed by atoms with E-state index in [2.05, 4.69) is 0 Å². The van der Waals surface area contributed by atoms with Crippen molar-refractivity contribution < 1.29 is 30.0 Å². The molecule has 0 spiro atoms. The zero-order valence-corrected chi connectivity index (χ0v) is 9.54. The van der Waals surface area contributed by atoms with Crippen LogP contribution in [0.4, 0.5) is 0 Å². The number of carbonyl (C=O) groups is 2. The van der Waals surface area contributed by atoms with Crippen LogP contribution in [0.5, 0.6) is 0 Å². The van der Waals surface area contributed by atoms with Gasteiger partial charge >= 0.3 is 0 Å². The summed E-state index contributed by atoms with van der Waals surface area (Å²) >= 11 is 0. The number of aliphatic carboxylic acids is 2. The largest absolute Gasteiger partial charge is 0.481 e. The van der Waals surface area contributed by atoms with Crippen LogP contribution in [0.1, 0.15) is 20.8 Å². The molecular weight excluding hydrogens is 220 g/mol. The Balaban J connectivity index is -0.000000179.